The summed E-state index contributed by atoms with van der Waals surface area (Å²) in [5, 5.41) is 12.8. The van der Waals surface area contributed by atoms with Crippen LogP contribution in [0.3, 0.4) is 0 Å². The molecule has 2 atom stereocenters. The number of hydrogen-bond donors (Lipinski definition) is 3. The Morgan fingerprint density at radius 3 is 2.30 bits per heavy atom. The van der Waals surface area contributed by atoms with E-state index in [1.165, 1.54) is 12.1 Å². The molecule has 0 saturated carbocycles. The number of carboxylic acids is 1. The number of aromatic nitrogens is 1. The monoisotopic (exact) mass is 469 g/mol. The molecule has 1 aromatic heterocycles. The Balaban J connectivity index is 1.92. The Hall–Kier alpha value is -3.30. The Labute approximate surface area is 193 Å². The van der Waals surface area contributed by atoms with Gasteiger partial charge in [-0.05, 0) is 37.1 Å². The number of fused-ring (bicyclic) bond motifs is 1. The lowest BCUT2D eigenvalue weighted by Gasteiger charge is -2.23. The van der Waals surface area contributed by atoms with Crippen molar-refractivity contribution < 1.29 is 23.1 Å². The maximum Gasteiger partial charge on any atom is 0.326 e. The molecule has 0 unspecified atom stereocenters. The number of carbonyl (C=O) groups is 2. The zero-order valence-corrected chi connectivity index (χ0v) is 19.5. The number of aryl methyl sites for hydroxylation is 1. The highest BCUT2D eigenvalue weighted by Gasteiger charge is 2.31. The predicted octanol–water partition coefficient (Wildman–Crippen LogP) is 2.66. The number of benzene rings is 2. The van der Waals surface area contributed by atoms with Gasteiger partial charge in [-0.15, -0.1) is 0 Å². The van der Waals surface area contributed by atoms with Gasteiger partial charge >= 0.3 is 5.97 Å². The third kappa shape index (κ3) is 6.15. The van der Waals surface area contributed by atoms with Gasteiger partial charge in [-0.25, -0.2) is 13.2 Å². The number of aliphatic carboxylic acids is 1. The molecular weight excluding hydrogens is 442 g/mol. The molecule has 33 heavy (non-hydrogen) atoms. The van der Waals surface area contributed by atoms with E-state index in [4.69, 9.17) is 0 Å². The number of hydrogen-bond acceptors (Lipinski definition) is 5. The van der Waals surface area contributed by atoms with Crippen molar-refractivity contribution >= 4 is 32.8 Å². The molecule has 0 aliphatic carbocycles. The van der Waals surface area contributed by atoms with Gasteiger partial charge in [-0.3, -0.25) is 9.78 Å². The molecule has 0 aliphatic rings. The summed E-state index contributed by atoms with van der Waals surface area (Å²) in [6, 6.07) is 14.8. The molecule has 1 heterocycles. The fourth-order valence-corrected chi connectivity index (χ4v) is 4.55. The summed E-state index contributed by atoms with van der Waals surface area (Å²) in [5.41, 5.74) is 2.10. The van der Waals surface area contributed by atoms with E-state index >= 15 is 0 Å². The Morgan fingerprint density at radius 2 is 1.67 bits per heavy atom. The first kappa shape index (κ1) is 24.3. The van der Waals surface area contributed by atoms with Crippen LogP contribution in [0.25, 0.3) is 10.9 Å². The van der Waals surface area contributed by atoms with Crippen molar-refractivity contribution in [3.8, 4) is 0 Å². The van der Waals surface area contributed by atoms with Crippen LogP contribution in [0.2, 0.25) is 0 Å². The number of para-hydroxylation sites is 1. The molecular formula is C24H27N3O5S. The van der Waals surface area contributed by atoms with Gasteiger partial charge in [0, 0.05) is 17.5 Å². The van der Waals surface area contributed by atoms with Crippen molar-refractivity contribution in [3.63, 3.8) is 0 Å². The van der Waals surface area contributed by atoms with E-state index in [9.17, 15) is 23.1 Å². The molecule has 2 aromatic carbocycles. The molecule has 8 nitrogen and oxygen atoms in total. The molecule has 3 rings (SSSR count). The van der Waals surface area contributed by atoms with Gasteiger partial charge in [0.2, 0.25) is 15.9 Å². The van der Waals surface area contributed by atoms with Gasteiger partial charge in [-0.2, -0.15) is 4.72 Å². The first-order valence-corrected chi connectivity index (χ1v) is 12.0. The van der Waals surface area contributed by atoms with E-state index in [1.54, 1.807) is 32.0 Å². The fraction of sp³-hybridized carbons (Fsp3) is 0.292. The molecule has 0 spiro atoms. The largest absolute Gasteiger partial charge is 0.480 e. The number of sulfonamides is 1. The molecule has 0 fully saturated rings. The smallest absolute Gasteiger partial charge is 0.326 e. The molecule has 3 N–H and O–H groups in total. The minimum Gasteiger partial charge on any atom is -0.480 e. The molecule has 9 heteroatoms. The maximum atomic E-state index is 13.1. The third-order valence-corrected chi connectivity index (χ3v) is 6.73. The van der Waals surface area contributed by atoms with Crippen LogP contribution in [0.1, 0.15) is 25.1 Å². The van der Waals surface area contributed by atoms with Gasteiger partial charge in [0.15, 0.2) is 0 Å². The van der Waals surface area contributed by atoms with Crippen LogP contribution in [-0.4, -0.2) is 42.5 Å². The summed E-state index contributed by atoms with van der Waals surface area (Å²) in [7, 11) is -4.05. The lowest BCUT2D eigenvalue weighted by atomic mass is 10.0. The SMILES string of the molecule is Cc1ccc(S(=O)(=O)N[C@@H](Cc2ccc3ccccc3n2)C(=O)N[C@H](C(=O)O)C(C)C)cc1. The Bertz CT molecular complexity index is 1260. The van der Waals surface area contributed by atoms with Crippen molar-refractivity contribution in [1.29, 1.82) is 0 Å². The van der Waals surface area contributed by atoms with Crippen LogP contribution in [0.15, 0.2) is 65.6 Å². The van der Waals surface area contributed by atoms with Gasteiger partial charge in [0.05, 0.1) is 10.4 Å². The first-order chi connectivity index (χ1) is 15.6. The number of pyridine rings is 1. The number of nitrogens with zero attached hydrogens (tertiary/aromatic N) is 1. The van der Waals surface area contributed by atoms with Gasteiger partial charge < -0.3 is 10.4 Å². The van der Waals surface area contributed by atoms with Crippen molar-refractivity contribution in [3.05, 3.63) is 71.9 Å². The summed E-state index contributed by atoms with van der Waals surface area (Å²) in [6.45, 7) is 5.16. The molecule has 0 aliphatic heterocycles. The van der Waals surface area contributed by atoms with Gasteiger partial charge in [-0.1, -0.05) is 55.8 Å². The normalized spacial score (nSPS) is 13.6. The number of carboxylic acid groups (broad SMARTS) is 1. The summed E-state index contributed by atoms with van der Waals surface area (Å²) in [6.07, 6.45) is -0.0494. The minimum atomic E-state index is -4.05. The second kappa shape index (κ2) is 10.1. The molecule has 0 radical (unpaired) electrons. The van der Waals surface area contributed by atoms with Gasteiger partial charge in [0.25, 0.3) is 0 Å². The van der Waals surface area contributed by atoms with Crippen molar-refractivity contribution in [2.24, 2.45) is 5.92 Å². The van der Waals surface area contributed by atoms with Crippen LogP contribution in [0.5, 0.6) is 0 Å². The van der Waals surface area contributed by atoms with E-state index in [1.807, 2.05) is 37.3 Å². The molecule has 0 bridgehead atoms. The number of carbonyl (C=O) groups excluding carboxylic acids is 1. The van der Waals surface area contributed by atoms with E-state index in [-0.39, 0.29) is 17.2 Å². The predicted molar refractivity (Wildman–Crippen MR) is 125 cm³/mol. The topological polar surface area (TPSA) is 125 Å². The standard InChI is InChI=1S/C24H27N3O5S/c1-15(2)22(24(29)30)26-23(28)21(27-33(31,32)19-12-8-16(3)9-13-19)14-18-11-10-17-6-4-5-7-20(17)25-18/h4-13,15,21-22,27H,14H2,1-3H3,(H,26,28)(H,29,30)/t21-,22-/m0/s1. The highest BCUT2D eigenvalue weighted by atomic mass is 32.2. The number of amides is 1. The van der Waals surface area contributed by atoms with E-state index in [2.05, 4.69) is 15.0 Å². The third-order valence-electron chi connectivity index (χ3n) is 5.25. The summed E-state index contributed by atoms with van der Waals surface area (Å²) in [5.74, 6) is -2.32. The maximum absolute atomic E-state index is 13.1. The second-order valence-electron chi connectivity index (χ2n) is 8.25. The van der Waals surface area contributed by atoms with Crippen LogP contribution in [0.4, 0.5) is 0 Å². The molecule has 1 amide bonds. The number of nitrogens with one attached hydrogen (secondary N) is 2. The zero-order chi connectivity index (χ0) is 24.2. The Kier molecular flexibility index (Phi) is 7.45. The average molecular weight is 470 g/mol. The quantitative estimate of drug-likeness (QED) is 0.442. The van der Waals surface area contributed by atoms with Crippen molar-refractivity contribution in [1.82, 2.24) is 15.0 Å². The van der Waals surface area contributed by atoms with E-state index in [0.29, 0.717) is 11.2 Å². The van der Waals surface area contributed by atoms with Crippen LogP contribution < -0.4 is 10.0 Å². The van der Waals surface area contributed by atoms with Crippen molar-refractivity contribution in [2.45, 2.75) is 44.2 Å². The van der Waals surface area contributed by atoms with E-state index in [0.717, 1.165) is 10.9 Å². The zero-order valence-electron chi connectivity index (χ0n) is 18.6. The van der Waals surface area contributed by atoms with Crippen LogP contribution in [0, 0.1) is 12.8 Å². The fourth-order valence-electron chi connectivity index (χ4n) is 3.36. The highest BCUT2D eigenvalue weighted by molar-refractivity contribution is 7.89. The van der Waals surface area contributed by atoms with Crippen LogP contribution in [-0.2, 0) is 26.0 Å². The minimum absolute atomic E-state index is 0.0102. The van der Waals surface area contributed by atoms with E-state index < -0.39 is 34.0 Å². The number of rotatable bonds is 9. The molecule has 174 valence electrons. The van der Waals surface area contributed by atoms with Gasteiger partial charge in [0.1, 0.15) is 12.1 Å². The van der Waals surface area contributed by atoms with Crippen molar-refractivity contribution in [2.75, 3.05) is 0 Å². The average Bonchev–Trinajstić information content (AvgIpc) is 2.76. The summed E-state index contributed by atoms with van der Waals surface area (Å²) in [4.78, 5) is 29.2. The second-order valence-corrected chi connectivity index (χ2v) is 9.97. The lowest BCUT2D eigenvalue weighted by molar-refractivity contribution is -0.143. The highest BCUT2D eigenvalue weighted by Crippen LogP contribution is 2.15. The summed E-state index contributed by atoms with van der Waals surface area (Å²) >= 11 is 0. The summed E-state index contributed by atoms with van der Waals surface area (Å²) < 4.78 is 28.4. The van der Waals surface area contributed by atoms with Crippen LogP contribution >= 0.6 is 0 Å². The molecule has 0 saturated heterocycles. The first-order valence-electron chi connectivity index (χ1n) is 10.5. The molecule has 3 aromatic rings. The Morgan fingerprint density at radius 1 is 1.00 bits per heavy atom. The lowest BCUT2D eigenvalue weighted by Crippen LogP contribution is -2.53.